The summed E-state index contributed by atoms with van der Waals surface area (Å²) in [6.07, 6.45) is 7.69. The molecule has 0 aromatic heterocycles. The van der Waals surface area contributed by atoms with Crippen LogP contribution in [-0.2, 0) is 24.7 Å². The van der Waals surface area contributed by atoms with Crippen LogP contribution >= 0.6 is 24.8 Å². The van der Waals surface area contributed by atoms with Gasteiger partial charge in [0.05, 0.1) is 0 Å². The first-order valence-corrected chi connectivity index (χ1v) is 5.44. The van der Waals surface area contributed by atoms with Crippen LogP contribution < -0.4 is 0 Å². The second-order valence-corrected chi connectivity index (χ2v) is 4.04. The van der Waals surface area contributed by atoms with Gasteiger partial charge in [0.15, 0.2) is 0 Å². The van der Waals surface area contributed by atoms with Gasteiger partial charge in [-0.25, -0.2) is 0 Å². The van der Waals surface area contributed by atoms with Crippen LogP contribution in [-0.4, -0.2) is 23.4 Å². The van der Waals surface area contributed by atoms with Crippen molar-refractivity contribution < 1.29 is 29.9 Å². The Morgan fingerprint density at radius 3 is 1.93 bits per heavy atom. The molecule has 2 nitrogen and oxygen atoms in total. The number of hydrogen-bond donors (Lipinski definition) is 1. The van der Waals surface area contributed by atoms with E-state index in [0.717, 1.165) is 13.1 Å². The monoisotopic (exact) mass is 316 g/mol. The summed E-state index contributed by atoms with van der Waals surface area (Å²) in [5, 5.41) is 9.75. The van der Waals surface area contributed by atoms with Crippen molar-refractivity contribution in [2.45, 2.75) is 20.3 Å². The molecule has 0 heterocycles. The van der Waals surface area contributed by atoms with Gasteiger partial charge in [-0.05, 0) is 0 Å². The van der Waals surface area contributed by atoms with Crippen molar-refractivity contribution in [1.29, 1.82) is 0 Å². The third-order valence-corrected chi connectivity index (χ3v) is 2.41. The molecule has 1 aliphatic carbocycles. The minimum atomic E-state index is 0. The standard InChI is InChI=1S/C5H5.C4H11NO.2ClH.Zr/c1-2-4-5-3-1;1-3-5(6)4-2;;;/h1-3H,4H2;6H,3-4H2,1-2H3;2*1H;. The zero-order valence-corrected chi connectivity index (χ0v) is 12.7. The Hall–Kier alpha value is 0.863. The van der Waals surface area contributed by atoms with Crippen molar-refractivity contribution >= 4 is 24.8 Å². The van der Waals surface area contributed by atoms with Crippen LogP contribution in [0.25, 0.3) is 0 Å². The summed E-state index contributed by atoms with van der Waals surface area (Å²) in [7, 11) is 0. The Balaban J connectivity index is -0.000000151. The second-order valence-electron chi connectivity index (χ2n) is 2.46. The van der Waals surface area contributed by atoms with Gasteiger partial charge in [0.25, 0.3) is 0 Å². The van der Waals surface area contributed by atoms with E-state index in [1.54, 1.807) is 28.0 Å². The molecular formula is C9H18Cl2NOZr. The summed E-state index contributed by atoms with van der Waals surface area (Å²) in [5.41, 5.74) is 0. The molecule has 83 valence electrons. The fourth-order valence-corrected chi connectivity index (χ4v) is 1.20. The van der Waals surface area contributed by atoms with E-state index in [-0.39, 0.29) is 24.8 Å². The third-order valence-electron chi connectivity index (χ3n) is 1.50. The van der Waals surface area contributed by atoms with Crippen LogP contribution in [0, 0.1) is 0 Å². The van der Waals surface area contributed by atoms with Gasteiger partial charge in [0.1, 0.15) is 0 Å². The van der Waals surface area contributed by atoms with Gasteiger partial charge in [0, 0.05) is 13.1 Å². The third kappa shape index (κ3) is 12.9. The van der Waals surface area contributed by atoms with E-state index in [4.69, 9.17) is 5.21 Å². The van der Waals surface area contributed by atoms with E-state index in [9.17, 15) is 0 Å². The van der Waals surface area contributed by atoms with Crippen LogP contribution in [0.2, 0.25) is 0 Å². The Morgan fingerprint density at radius 2 is 1.86 bits per heavy atom. The van der Waals surface area contributed by atoms with E-state index < -0.39 is 0 Å². The van der Waals surface area contributed by atoms with Gasteiger partial charge in [0.2, 0.25) is 0 Å². The van der Waals surface area contributed by atoms with Gasteiger partial charge in [-0.15, -0.1) is 24.8 Å². The average Bonchev–Trinajstić information content (AvgIpc) is 2.55. The summed E-state index contributed by atoms with van der Waals surface area (Å²) >= 11 is 1.56. The van der Waals surface area contributed by atoms with Crippen LogP contribution in [0.5, 0.6) is 0 Å². The number of rotatable bonds is 2. The molecule has 0 saturated carbocycles. The summed E-state index contributed by atoms with van der Waals surface area (Å²) < 4.78 is 1.56. The van der Waals surface area contributed by atoms with Gasteiger partial charge < -0.3 is 5.21 Å². The fraction of sp³-hybridized carbons (Fsp3) is 0.556. The van der Waals surface area contributed by atoms with Crippen molar-refractivity contribution in [3.8, 4) is 0 Å². The molecule has 0 bridgehead atoms. The summed E-state index contributed by atoms with van der Waals surface area (Å²) in [6, 6.07) is 0. The molecule has 0 atom stereocenters. The number of allylic oxidation sites excluding steroid dienone is 4. The molecule has 1 rings (SSSR count). The second kappa shape index (κ2) is 13.9. The molecule has 14 heavy (non-hydrogen) atoms. The fourth-order valence-electron chi connectivity index (χ4n) is 0.671. The molecular weight excluding hydrogens is 300 g/mol. The topological polar surface area (TPSA) is 23.5 Å². The maximum atomic E-state index is 8.50. The Bertz CT molecular complexity index is 170. The Labute approximate surface area is 114 Å². The van der Waals surface area contributed by atoms with E-state index in [0.29, 0.717) is 0 Å². The molecule has 0 amide bonds. The van der Waals surface area contributed by atoms with E-state index in [2.05, 4.69) is 18.2 Å². The molecule has 0 fully saturated rings. The molecule has 0 unspecified atom stereocenters. The molecule has 0 radical (unpaired) electrons. The van der Waals surface area contributed by atoms with E-state index in [1.165, 1.54) is 11.5 Å². The first-order chi connectivity index (χ1) is 5.70. The van der Waals surface area contributed by atoms with E-state index >= 15 is 0 Å². The number of hydroxylamine groups is 2. The predicted molar refractivity (Wildman–Crippen MR) is 61.0 cm³/mol. The molecule has 1 N–H and O–H groups in total. The molecule has 0 aliphatic heterocycles. The van der Waals surface area contributed by atoms with Crippen LogP contribution in [0.15, 0.2) is 21.5 Å². The average molecular weight is 318 g/mol. The number of halogens is 2. The zero-order chi connectivity index (χ0) is 9.40. The maximum absolute atomic E-state index is 8.50. The SMILES string of the molecule is CCN(O)CC.Cl.Cl.[Zr][C]1=CC=CC1. The minimum absolute atomic E-state index is 0. The molecule has 0 spiro atoms. The van der Waals surface area contributed by atoms with E-state index in [1.807, 2.05) is 13.8 Å². The Morgan fingerprint density at radius 1 is 1.36 bits per heavy atom. The van der Waals surface area contributed by atoms with Crippen LogP contribution in [0.4, 0.5) is 0 Å². The summed E-state index contributed by atoms with van der Waals surface area (Å²) in [4.78, 5) is 0. The van der Waals surface area contributed by atoms with Crippen molar-refractivity contribution in [1.82, 2.24) is 5.06 Å². The number of hydrogen-bond acceptors (Lipinski definition) is 2. The molecule has 5 heteroatoms. The van der Waals surface area contributed by atoms with Gasteiger partial charge in [-0.3, -0.25) is 0 Å². The quantitative estimate of drug-likeness (QED) is 0.791. The van der Waals surface area contributed by atoms with Crippen LogP contribution in [0.1, 0.15) is 20.3 Å². The first-order valence-electron chi connectivity index (χ1n) is 4.21. The van der Waals surface area contributed by atoms with Crippen molar-refractivity contribution in [2.24, 2.45) is 0 Å². The van der Waals surface area contributed by atoms with Gasteiger partial charge in [-0.1, -0.05) is 13.8 Å². The van der Waals surface area contributed by atoms with Gasteiger partial charge in [-0.2, -0.15) is 5.06 Å². The number of nitrogens with zero attached hydrogens (tertiary/aromatic N) is 1. The molecule has 0 aromatic carbocycles. The Kier molecular flexibility index (Phi) is 20.1. The summed E-state index contributed by atoms with van der Waals surface area (Å²) in [6.45, 7) is 5.25. The van der Waals surface area contributed by atoms with Crippen LogP contribution in [0.3, 0.4) is 0 Å². The zero-order valence-electron chi connectivity index (χ0n) is 8.56. The van der Waals surface area contributed by atoms with Crippen molar-refractivity contribution in [2.75, 3.05) is 13.1 Å². The van der Waals surface area contributed by atoms with Gasteiger partial charge >= 0.3 is 52.6 Å². The normalized spacial score (nSPS) is 12.1. The summed E-state index contributed by atoms with van der Waals surface area (Å²) in [5.74, 6) is 0. The predicted octanol–water partition coefficient (Wildman–Crippen LogP) is 2.94. The first kappa shape index (κ1) is 20.3. The molecule has 0 saturated heterocycles. The molecule has 1 aliphatic rings. The van der Waals surface area contributed by atoms with Crippen molar-refractivity contribution in [3.05, 3.63) is 21.5 Å². The van der Waals surface area contributed by atoms with Crippen molar-refractivity contribution in [3.63, 3.8) is 0 Å². The molecule has 0 aromatic rings.